The molecular weight excluding hydrogens is 299 g/mol. The summed E-state index contributed by atoms with van der Waals surface area (Å²) in [6.07, 6.45) is 0.802. The molecule has 2 N–H and O–H groups in total. The normalized spacial score (nSPS) is 17.7. The molecule has 2 aromatic rings. The molecule has 0 bridgehead atoms. The van der Waals surface area contributed by atoms with Crippen LogP contribution in [0.25, 0.3) is 5.69 Å². The molecule has 120 valence electrons. The van der Waals surface area contributed by atoms with Gasteiger partial charge in [0, 0.05) is 24.9 Å². The van der Waals surface area contributed by atoms with Gasteiger partial charge >= 0.3 is 0 Å². The van der Waals surface area contributed by atoms with Gasteiger partial charge in [0.25, 0.3) is 0 Å². The Bertz CT molecular complexity index is 739. The van der Waals surface area contributed by atoms with E-state index in [-0.39, 0.29) is 30.0 Å². The molecule has 0 spiro atoms. The molecular formula is C16H17FN4O2. The van der Waals surface area contributed by atoms with E-state index in [2.05, 4.69) is 15.7 Å². The number of hydrogen-bond acceptors (Lipinski definition) is 3. The third-order valence-electron chi connectivity index (χ3n) is 3.77. The first-order valence-corrected chi connectivity index (χ1v) is 7.43. The van der Waals surface area contributed by atoms with E-state index in [0.29, 0.717) is 24.5 Å². The number of carbonyl (C=O) groups is 2. The van der Waals surface area contributed by atoms with Crippen molar-refractivity contribution in [1.82, 2.24) is 15.1 Å². The predicted octanol–water partition coefficient (Wildman–Crippen LogP) is 1.78. The maximum absolute atomic E-state index is 13.1. The summed E-state index contributed by atoms with van der Waals surface area (Å²) in [5, 5.41) is 9.85. The van der Waals surface area contributed by atoms with Crippen molar-refractivity contribution in [3.8, 4) is 5.69 Å². The van der Waals surface area contributed by atoms with Crippen LogP contribution in [0.1, 0.15) is 18.5 Å². The third kappa shape index (κ3) is 3.39. The summed E-state index contributed by atoms with van der Waals surface area (Å²) in [4.78, 5) is 23.8. The number of carbonyl (C=O) groups excluding carboxylic acids is 2. The van der Waals surface area contributed by atoms with Crippen LogP contribution in [0.15, 0.2) is 30.3 Å². The number of piperidine rings is 1. The Morgan fingerprint density at radius 1 is 1.39 bits per heavy atom. The minimum absolute atomic E-state index is 0.111. The monoisotopic (exact) mass is 316 g/mol. The van der Waals surface area contributed by atoms with Crippen molar-refractivity contribution >= 4 is 17.6 Å². The SMILES string of the molecule is Cc1cc(NC(=O)C2CCNC(=O)C2)n(-c2ccc(F)cc2)n1. The first-order valence-electron chi connectivity index (χ1n) is 7.43. The fourth-order valence-electron chi connectivity index (χ4n) is 2.60. The van der Waals surface area contributed by atoms with E-state index >= 15 is 0 Å². The molecule has 1 saturated heterocycles. The molecule has 0 radical (unpaired) electrons. The van der Waals surface area contributed by atoms with Gasteiger partial charge in [-0.15, -0.1) is 0 Å². The number of benzene rings is 1. The zero-order valence-electron chi connectivity index (χ0n) is 12.7. The summed E-state index contributed by atoms with van der Waals surface area (Å²) in [6, 6.07) is 7.59. The minimum atomic E-state index is -0.347. The standard InChI is InChI=1S/C16H17FN4O2/c1-10-8-14(19-16(23)11-6-7-18-15(22)9-11)21(20-10)13-4-2-12(17)3-5-13/h2-5,8,11H,6-7,9H2,1H3,(H,18,22)(H,19,23). The van der Waals surface area contributed by atoms with Gasteiger partial charge in [0.1, 0.15) is 11.6 Å². The van der Waals surface area contributed by atoms with Gasteiger partial charge in [-0.3, -0.25) is 9.59 Å². The number of anilines is 1. The molecule has 1 aliphatic rings. The molecule has 6 nitrogen and oxygen atoms in total. The van der Waals surface area contributed by atoms with E-state index in [0.717, 1.165) is 5.69 Å². The van der Waals surface area contributed by atoms with Crippen LogP contribution in [0.4, 0.5) is 10.2 Å². The summed E-state index contributed by atoms with van der Waals surface area (Å²) in [6.45, 7) is 2.32. The molecule has 2 amide bonds. The maximum Gasteiger partial charge on any atom is 0.229 e. The van der Waals surface area contributed by atoms with Gasteiger partial charge in [0.2, 0.25) is 11.8 Å². The van der Waals surface area contributed by atoms with Crippen LogP contribution in [-0.4, -0.2) is 28.1 Å². The summed E-state index contributed by atoms with van der Waals surface area (Å²) in [5.41, 5.74) is 1.38. The van der Waals surface area contributed by atoms with E-state index in [1.165, 1.54) is 12.1 Å². The number of nitrogens with zero attached hydrogens (tertiary/aromatic N) is 2. The van der Waals surface area contributed by atoms with Gasteiger partial charge in [-0.25, -0.2) is 9.07 Å². The van der Waals surface area contributed by atoms with Crippen molar-refractivity contribution in [3.63, 3.8) is 0 Å². The minimum Gasteiger partial charge on any atom is -0.356 e. The topological polar surface area (TPSA) is 76.0 Å². The Morgan fingerprint density at radius 2 is 2.13 bits per heavy atom. The predicted molar refractivity (Wildman–Crippen MR) is 82.6 cm³/mol. The zero-order chi connectivity index (χ0) is 16.4. The highest BCUT2D eigenvalue weighted by Gasteiger charge is 2.26. The third-order valence-corrected chi connectivity index (χ3v) is 3.77. The number of nitrogens with one attached hydrogen (secondary N) is 2. The van der Waals surface area contributed by atoms with Crippen LogP contribution < -0.4 is 10.6 Å². The van der Waals surface area contributed by atoms with Crippen LogP contribution in [0.5, 0.6) is 0 Å². The number of rotatable bonds is 3. The first kappa shape index (κ1) is 15.2. The Labute approximate surface area is 132 Å². The van der Waals surface area contributed by atoms with Crippen LogP contribution in [0, 0.1) is 18.7 Å². The van der Waals surface area contributed by atoms with E-state index in [1.54, 1.807) is 22.9 Å². The molecule has 1 fully saturated rings. The molecule has 1 aliphatic heterocycles. The summed E-state index contributed by atoms with van der Waals surface area (Å²) in [7, 11) is 0. The van der Waals surface area contributed by atoms with Crippen molar-refractivity contribution in [2.24, 2.45) is 5.92 Å². The molecule has 3 rings (SSSR count). The van der Waals surface area contributed by atoms with Crippen molar-refractivity contribution < 1.29 is 14.0 Å². The molecule has 23 heavy (non-hydrogen) atoms. The number of aryl methyl sites for hydroxylation is 1. The number of amides is 2. The van der Waals surface area contributed by atoms with Gasteiger partial charge in [-0.05, 0) is 37.6 Å². The van der Waals surface area contributed by atoms with Gasteiger partial charge in [-0.2, -0.15) is 5.10 Å². The lowest BCUT2D eigenvalue weighted by Gasteiger charge is -2.21. The largest absolute Gasteiger partial charge is 0.356 e. The van der Waals surface area contributed by atoms with E-state index in [9.17, 15) is 14.0 Å². The Balaban J connectivity index is 1.81. The van der Waals surface area contributed by atoms with Crippen molar-refractivity contribution in [3.05, 3.63) is 41.8 Å². The fraction of sp³-hybridized carbons (Fsp3) is 0.312. The Hall–Kier alpha value is -2.70. The van der Waals surface area contributed by atoms with Crippen LogP contribution >= 0.6 is 0 Å². The molecule has 7 heteroatoms. The molecule has 0 aliphatic carbocycles. The second-order valence-electron chi connectivity index (χ2n) is 5.59. The van der Waals surface area contributed by atoms with Crippen molar-refractivity contribution in [2.75, 3.05) is 11.9 Å². The average Bonchev–Trinajstić information content (AvgIpc) is 2.88. The fourth-order valence-corrected chi connectivity index (χ4v) is 2.60. The number of halogens is 1. The summed E-state index contributed by atoms with van der Waals surface area (Å²) in [5.74, 6) is -0.495. The van der Waals surface area contributed by atoms with Gasteiger partial charge in [0.15, 0.2) is 0 Å². The lowest BCUT2D eigenvalue weighted by Crippen LogP contribution is -2.38. The molecule has 1 aromatic heterocycles. The van der Waals surface area contributed by atoms with Gasteiger partial charge in [-0.1, -0.05) is 0 Å². The van der Waals surface area contributed by atoms with Gasteiger partial charge in [0.05, 0.1) is 11.4 Å². The van der Waals surface area contributed by atoms with E-state index < -0.39 is 0 Å². The Kier molecular flexibility index (Phi) is 4.10. The Morgan fingerprint density at radius 3 is 2.83 bits per heavy atom. The smallest absolute Gasteiger partial charge is 0.229 e. The van der Waals surface area contributed by atoms with E-state index in [1.807, 2.05) is 6.92 Å². The van der Waals surface area contributed by atoms with E-state index in [4.69, 9.17) is 0 Å². The summed E-state index contributed by atoms with van der Waals surface area (Å²) >= 11 is 0. The van der Waals surface area contributed by atoms with Gasteiger partial charge < -0.3 is 10.6 Å². The highest BCUT2D eigenvalue weighted by Crippen LogP contribution is 2.20. The highest BCUT2D eigenvalue weighted by atomic mass is 19.1. The molecule has 1 unspecified atom stereocenters. The molecule has 2 heterocycles. The van der Waals surface area contributed by atoms with Crippen molar-refractivity contribution in [2.45, 2.75) is 19.8 Å². The number of hydrogen-bond donors (Lipinski definition) is 2. The van der Waals surface area contributed by atoms with Crippen LogP contribution in [-0.2, 0) is 9.59 Å². The zero-order valence-corrected chi connectivity index (χ0v) is 12.7. The van der Waals surface area contributed by atoms with Crippen molar-refractivity contribution in [1.29, 1.82) is 0 Å². The average molecular weight is 316 g/mol. The highest BCUT2D eigenvalue weighted by molar-refractivity contribution is 5.95. The second-order valence-corrected chi connectivity index (χ2v) is 5.59. The number of aromatic nitrogens is 2. The summed E-state index contributed by atoms with van der Waals surface area (Å²) < 4.78 is 14.6. The lowest BCUT2D eigenvalue weighted by molar-refractivity contribution is -0.129. The first-order chi connectivity index (χ1) is 11.0. The quantitative estimate of drug-likeness (QED) is 0.906. The second kappa shape index (κ2) is 6.20. The molecule has 0 saturated carbocycles. The maximum atomic E-state index is 13.1. The van der Waals surface area contributed by atoms with Crippen LogP contribution in [0.2, 0.25) is 0 Å². The molecule has 1 aromatic carbocycles. The molecule has 1 atom stereocenters. The lowest BCUT2D eigenvalue weighted by atomic mass is 9.97. The van der Waals surface area contributed by atoms with Crippen LogP contribution in [0.3, 0.4) is 0 Å².